The minimum Gasteiger partial charge on any atom is -0.373 e. The second-order valence-corrected chi connectivity index (χ2v) is 7.41. The Balaban J connectivity index is 1.34. The van der Waals surface area contributed by atoms with Crippen LogP contribution in [-0.2, 0) is 22.3 Å². The molecule has 3 heteroatoms. The maximum Gasteiger partial charge on any atom is 0.131 e. The zero-order valence-electron chi connectivity index (χ0n) is 15.0. The van der Waals surface area contributed by atoms with Crippen LogP contribution in [0.4, 0.5) is 4.39 Å². The Labute approximate surface area is 158 Å². The van der Waals surface area contributed by atoms with E-state index in [1.807, 2.05) is 24.3 Å². The number of rotatable bonds is 6. The van der Waals surface area contributed by atoms with Crippen LogP contribution in [0.3, 0.4) is 0 Å². The molecule has 2 aliphatic heterocycles. The SMILES string of the molecule is Fc1cc(-c2ccc(CC3CO3)cc2)ccc1-c1ccc(CC2CO2)cc1. The van der Waals surface area contributed by atoms with Gasteiger partial charge in [-0.3, -0.25) is 0 Å². The Morgan fingerprint density at radius 1 is 0.667 bits per heavy atom. The van der Waals surface area contributed by atoms with Gasteiger partial charge in [-0.25, -0.2) is 4.39 Å². The van der Waals surface area contributed by atoms with Crippen molar-refractivity contribution in [3.8, 4) is 22.3 Å². The summed E-state index contributed by atoms with van der Waals surface area (Å²) in [6.07, 6.45) is 2.65. The van der Waals surface area contributed by atoms with Crippen LogP contribution in [0, 0.1) is 5.82 Å². The molecule has 0 spiro atoms. The lowest BCUT2D eigenvalue weighted by Crippen LogP contribution is -1.93. The van der Waals surface area contributed by atoms with E-state index in [0.29, 0.717) is 17.8 Å². The summed E-state index contributed by atoms with van der Waals surface area (Å²) in [6.45, 7) is 1.72. The van der Waals surface area contributed by atoms with Crippen molar-refractivity contribution in [1.29, 1.82) is 0 Å². The topological polar surface area (TPSA) is 25.1 Å². The highest BCUT2D eigenvalue weighted by atomic mass is 19.1. The fraction of sp³-hybridized carbons (Fsp3) is 0.250. The van der Waals surface area contributed by atoms with Gasteiger partial charge in [0.25, 0.3) is 0 Å². The van der Waals surface area contributed by atoms with Gasteiger partial charge in [-0.15, -0.1) is 0 Å². The molecule has 0 radical (unpaired) electrons. The molecule has 0 aliphatic carbocycles. The molecule has 5 rings (SSSR count). The van der Waals surface area contributed by atoms with Crippen molar-refractivity contribution < 1.29 is 13.9 Å². The summed E-state index contributed by atoms with van der Waals surface area (Å²) in [5.41, 5.74) is 5.95. The predicted octanol–water partition coefficient (Wildman–Crippen LogP) is 5.04. The van der Waals surface area contributed by atoms with Crippen molar-refractivity contribution in [2.24, 2.45) is 0 Å². The highest BCUT2D eigenvalue weighted by molar-refractivity contribution is 5.71. The molecule has 2 unspecified atom stereocenters. The average Bonchev–Trinajstić information content (AvgIpc) is 3.60. The first-order valence-electron chi connectivity index (χ1n) is 9.46. The van der Waals surface area contributed by atoms with Crippen molar-refractivity contribution >= 4 is 0 Å². The number of epoxide rings is 2. The number of halogens is 1. The molecular formula is C24H21FO2. The maximum absolute atomic E-state index is 14.8. The van der Waals surface area contributed by atoms with E-state index in [1.165, 1.54) is 11.1 Å². The molecule has 0 aromatic heterocycles. The van der Waals surface area contributed by atoms with Crippen LogP contribution in [0.25, 0.3) is 22.3 Å². The predicted molar refractivity (Wildman–Crippen MR) is 104 cm³/mol. The van der Waals surface area contributed by atoms with Crippen molar-refractivity contribution in [3.63, 3.8) is 0 Å². The fourth-order valence-electron chi connectivity index (χ4n) is 3.48. The summed E-state index contributed by atoms with van der Waals surface area (Å²) in [6, 6.07) is 21.9. The van der Waals surface area contributed by atoms with Crippen LogP contribution in [0.2, 0.25) is 0 Å². The smallest absolute Gasteiger partial charge is 0.131 e. The summed E-state index contributed by atoms with van der Waals surface area (Å²) >= 11 is 0. The molecular weight excluding hydrogens is 339 g/mol. The third-order valence-corrected chi connectivity index (χ3v) is 5.25. The summed E-state index contributed by atoms with van der Waals surface area (Å²) < 4.78 is 25.3. The van der Waals surface area contributed by atoms with E-state index in [4.69, 9.17) is 9.47 Å². The quantitative estimate of drug-likeness (QED) is 0.575. The molecule has 136 valence electrons. The van der Waals surface area contributed by atoms with Crippen LogP contribution >= 0.6 is 0 Å². The van der Waals surface area contributed by atoms with Gasteiger partial charge in [0.15, 0.2) is 0 Å². The van der Waals surface area contributed by atoms with Crippen LogP contribution < -0.4 is 0 Å². The zero-order chi connectivity index (χ0) is 18.2. The highest BCUT2D eigenvalue weighted by Gasteiger charge is 2.23. The zero-order valence-corrected chi connectivity index (χ0v) is 15.0. The molecule has 0 bridgehead atoms. The van der Waals surface area contributed by atoms with Gasteiger partial charge in [0, 0.05) is 18.4 Å². The molecule has 0 N–H and O–H groups in total. The molecule has 3 aromatic rings. The van der Waals surface area contributed by atoms with E-state index in [1.54, 1.807) is 6.07 Å². The van der Waals surface area contributed by atoms with Crippen LogP contribution in [0.15, 0.2) is 66.7 Å². The third kappa shape index (κ3) is 3.95. The number of ether oxygens (including phenoxy) is 2. The Bertz CT molecular complexity index is 939. The van der Waals surface area contributed by atoms with Gasteiger partial charge in [-0.2, -0.15) is 0 Å². The molecule has 2 saturated heterocycles. The summed E-state index contributed by atoms with van der Waals surface area (Å²) in [4.78, 5) is 0. The Morgan fingerprint density at radius 3 is 1.63 bits per heavy atom. The van der Waals surface area contributed by atoms with E-state index in [2.05, 4.69) is 36.4 Å². The van der Waals surface area contributed by atoms with Crippen molar-refractivity contribution in [1.82, 2.24) is 0 Å². The Morgan fingerprint density at radius 2 is 1.15 bits per heavy atom. The van der Waals surface area contributed by atoms with Gasteiger partial charge in [0.2, 0.25) is 0 Å². The van der Waals surface area contributed by atoms with Crippen LogP contribution in [0.5, 0.6) is 0 Å². The van der Waals surface area contributed by atoms with Gasteiger partial charge in [-0.05, 0) is 33.9 Å². The molecule has 0 saturated carbocycles. The minimum atomic E-state index is -0.193. The lowest BCUT2D eigenvalue weighted by molar-refractivity contribution is 0.407. The Kier molecular flexibility index (Phi) is 4.27. The molecule has 2 heterocycles. The highest BCUT2D eigenvalue weighted by Crippen LogP contribution is 2.29. The second-order valence-electron chi connectivity index (χ2n) is 7.41. The standard InChI is InChI=1S/C24H21FO2/c25-24-13-20(18-5-1-16(2-6-18)11-21-14-26-21)9-10-23(24)19-7-3-17(4-8-19)12-22-15-27-22/h1-10,13,21-22H,11-12,14-15H2. The van der Waals surface area contributed by atoms with Crippen molar-refractivity contribution in [3.05, 3.63) is 83.7 Å². The third-order valence-electron chi connectivity index (χ3n) is 5.25. The number of benzene rings is 3. The van der Waals surface area contributed by atoms with Gasteiger partial charge < -0.3 is 9.47 Å². The van der Waals surface area contributed by atoms with Gasteiger partial charge >= 0.3 is 0 Å². The lowest BCUT2D eigenvalue weighted by Gasteiger charge is -2.09. The van der Waals surface area contributed by atoms with Gasteiger partial charge in [-0.1, -0.05) is 60.7 Å². The fourth-order valence-corrected chi connectivity index (χ4v) is 3.48. The molecule has 0 amide bonds. The first-order chi connectivity index (χ1) is 13.2. The molecule has 2 fully saturated rings. The Hall–Kier alpha value is -2.49. The summed E-state index contributed by atoms with van der Waals surface area (Å²) in [5, 5.41) is 0. The molecule has 2 atom stereocenters. The maximum atomic E-state index is 14.8. The summed E-state index contributed by atoms with van der Waals surface area (Å²) in [5.74, 6) is -0.193. The van der Waals surface area contributed by atoms with Crippen molar-refractivity contribution in [2.75, 3.05) is 13.2 Å². The normalized spacial score (nSPS) is 20.5. The average molecular weight is 360 g/mol. The monoisotopic (exact) mass is 360 g/mol. The van der Waals surface area contributed by atoms with Crippen LogP contribution in [-0.4, -0.2) is 25.4 Å². The minimum absolute atomic E-state index is 0.193. The van der Waals surface area contributed by atoms with E-state index < -0.39 is 0 Å². The van der Waals surface area contributed by atoms with E-state index in [-0.39, 0.29) is 5.82 Å². The number of hydrogen-bond acceptors (Lipinski definition) is 2. The van der Waals surface area contributed by atoms with Crippen LogP contribution in [0.1, 0.15) is 11.1 Å². The van der Waals surface area contributed by atoms with E-state index in [0.717, 1.165) is 42.7 Å². The second kappa shape index (κ2) is 6.91. The molecule has 27 heavy (non-hydrogen) atoms. The molecule has 3 aromatic carbocycles. The first kappa shape index (κ1) is 16.7. The van der Waals surface area contributed by atoms with E-state index >= 15 is 0 Å². The van der Waals surface area contributed by atoms with Crippen molar-refractivity contribution in [2.45, 2.75) is 25.0 Å². The molecule has 2 aliphatic rings. The first-order valence-corrected chi connectivity index (χ1v) is 9.46. The lowest BCUT2D eigenvalue weighted by atomic mass is 9.97. The largest absolute Gasteiger partial charge is 0.373 e. The van der Waals surface area contributed by atoms with Gasteiger partial charge in [0.1, 0.15) is 5.82 Å². The van der Waals surface area contributed by atoms with E-state index in [9.17, 15) is 4.39 Å². The molecule has 2 nitrogen and oxygen atoms in total. The number of hydrogen-bond donors (Lipinski definition) is 0. The van der Waals surface area contributed by atoms with Gasteiger partial charge in [0.05, 0.1) is 25.4 Å². The summed E-state index contributed by atoms with van der Waals surface area (Å²) in [7, 11) is 0.